The highest BCUT2D eigenvalue weighted by Gasteiger charge is 2.51. The van der Waals surface area contributed by atoms with Gasteiger partial charge in [0.1, 0.15) is 36.6 Å². The van der Waals surface area contributed by atoms with Crippen molar-refractivity contribution >= 4 is 64.3 Å². The molecule has 0 bridgehead atoms. The van der Waals surface area contributed by atoms with Crippen molar-refractivity contribution in [3.05, 3.63) is 12.7 Å². The van der Waals surface area contributed by atoms with Gasteiger partial charge in [-0.2, -0.15) is 29.1 Å². The molecule has 2 aliphatic rings. The first-order valence-electron chi connectivity index (χ1n) is 15.6. The highest BCUT2D eigenvalue weighted by molar-refractivity contribution is 7.89. The summed E-state index contributed by atoms with van der Waals surface area (Å²) in [5, 5.41) is 63.0. The van der Waals surface area contributed by atoms with Gasteiger partial charge < -0.3 is 61.4 Å². The summed E-state index contributed by atoms with van der Waals surface area (Å²) in [5.74, 6) is -1.60. The molecule has 0 aromatic carbocycles. The Hall–Kier alpha value is -3.43. The molecule has 0 spiro atoms. The molecular weight excluding hydrogens is 792 g/mol. The Labute approximate surface area is 302 Å². The Morgan fingerprint density at radius 1 is 0.741 bits per heavy atom. The summed E-state index contributed by atoms with van der Waals surface area (Å²) in [4.78, 5) is 36.1. The number of anilines is 2. The summed E-state index contributed by atoms with van der Waals surface area (Å²) in [6.07, 6.45) is -9.97. The van der Waals surface area contributed by atoms with E-state index in [0.29, 0.717) is 0 Å². The zero-order valence-corrected chi connectivity index (χ0v) is 30.9. The van der Waals surface area contributed by atoms with E-state index in [2.05, 4.69) is 28.6 Å². The normalized spacial score (nSPS) is 29.4. The Morgan fingerprint density at radius 2 is 1.11 bits per heavy atom. The minimum atomic E-state index is -5.45. The van der Waals surface area contributed by atoms with Crippen molar-refractivity contribution < 1.29 is 90.4 Å². The van der Waals surface area contributed by atoms with Crippen LogP contribution in [0.15, 0.2) is 12.7 Å². The van der Waals surface area contributed by atoms with Crippen molar-refractivity contribution in [2.24, 2.45) is 14.1 Å². The topological polar surface area (TPSA) is 390 Å². The van der Waals surface area contributed by atoms with E-state index in [-0.39, 0.29) is 34.2 Å². The van der Waals surface area contributed by atoms with Crippen molar-refractivity contribution in [3.63, 3.8) is 0 Å². The van der Waals surface area contributed by atoms with Crippen LogP contribution in [-0.2, 0) is 54.9 Å². The van der Waals surface area contributed by atoms with Crippen LogP contribution in [0.3, 0.4) is 0 Å². The van der Waals surface area contributed by atoms with E-state index in [0.717, 1.165) is 6.82 Å². The minimum absolute atomic E-state index is 0.00342. The molecule has 4 aromatic rings. The molecule has 31 heteroatoms. The number of hydrogen-bond acceptors (Lipinski definition) is 21. The van der Waals surface area contributed by atoms with Crippen LogP contribution in [-0.4, -0.2) is 126 Å². The second kappa shape index (κ2) is 14.6. The largest absolute Gasteiger partial charge is 0.490 e. The molecular formula is C23H36BN10O17P3+2. The van der Waals surface area contributed by atoms with E-state index in [4.69, 9.17) is 30.0 Å². The number of ether oxygens (including phenoxy) is 2. The van der Waals surface area contributed by atoms with E-state index >= 15 is 0 Å². The second-order valence-electron chi connectivity index (χ2n) is 12.1. The van der Waals surface area contributed by atoms with Gasteiger partial charge in [0.05, 0.1) is 27.3 Å². The molecule has 12 N–H and O–H groups in total. The molecule has 2 aliphatic heterocycles. The Balaban J connectivity index is 1.07. The van der Waals surface area contributed by atoms with E-state index in [1.165, 1.54) is 45.0 Å². The van der Waals surface area contributed by atoms with Crippen molar-refractivity contribution in [2.45, 2.75) is 55.9 Å². The van der Waals surface area contributed by atoms with Crippen molar-refractivity contribution in [1.82, 2.24) is 29.1 Å². The average Bonchev–Trinajstić information content (AvgIpc) is 3.75. The average molecular weight is 828 g/mol. The number of imidazole rings is 2. The second-order valence-corrected chi connectivity index (χ2v) is 17.7. The third-order valence-corrected chi connectivity index (χ3v) is 13.8. The summed E-state index contributed by atoms with van der Waals surface area (Å²) in [5.41, 5.74) is 11.5. The van der Waals surface area contributed by atoms with E-state index in [1.807, 2.05) is 0 Å². The predicted molar refractivity (Wildman–Crippen MR) is 176 cm³/mol. The van der Waals surface area contributed by atoms with Gasteiger partial charge in [-0.05, 0) is 0 Å². The molecule has 2 fully saturated rings. The SMILES string of the molecule is CBP(=O)(OP(=O)(O)OC[C@H]1O[C@@H](n2c[n+](C)c3c(O)nc(N)nc32)[C@@H](O)C1O)OP(=O)(O)OC[C@H]1O[C@@H](n2c[n+](C)c3c(O)nc(N)nc32)C(O)[C@H]1O. The van der Waals surface area contributed by atoms with Gasteiger partial charge in [-0.15, -0.1) is 0 Å². The quantitative estimate of drug-likeness (QED) is 0.0351. The first kappa shape index (κ1) is 40.2. The summed E-state index contributed by atoms with van der Waals surface area (Å²) < 4.78 is 74.4. The van der Waals surface area contributed by atoms with E-state index in [1.54, 1.807) is 0 Å². The molecule has 0 radical (unpaired) electrons. The zero-order chi connectivity index (χ0) is 39.7. The fourth-order valence-corrected chi connectivity index (χ4v) is 10.8. The molecule has 27 nitrogen and oxygen atoms in total. The van der Waals surface area contributed by atoms with Crippen LogP contribution in [0, 0.1) is 0 Å². The zero-order valence-electron chi connectivity index (χ0n) is 28.2. The number of aryl methyl sites for hydroxylation is 2. The predicted octanol–water partition coefficient (Wildman–Crippen LogP) is -3.80. The van der Waals surface area contributed by atoms with Crippen molar-refractivity contribution in [1.29, 1.82) is 0 Å². The molecule has 6 rings (SSSR count). The molecule has 0 amide bonds. The number of aliphatic hydroxyl groups is 4. The fraction of sp³-hybridized carbons (Fsp3) is 0.565. The summed E-state index contributed by atoms with van der Waals surface area (Å²) in [6, 6.07) is 0. The lowest BCUT2D eigenvalue weighted by molar-refractivity contribution is -0.646. The molecule has 0 aliphatic carbocycles. The molecule has 0 saturated carbocycles. The number of hydrogen-bond donors (Lipinski definition) is 10. The number of aromatic nitrogens is 8. The third kappa shape index (κ3) is 7.69. The van der Waals surface area contributed by atoms with Crippen LogP contribution in [0.25, 0.3) is 22.3 Å². The summed E-state index contributed by atoms with van der Waals surface area (Å²) in [7, 11) is -12.9. The van der Waals surface area contributed by atoms with Gasteiger partial charge in [0.15, 0.2) is 0 Å². The molecule has 4 aromatic heterocycles. The lowest BCUT2D eigenvalue weighted by Gasteiger charge is -2.23. The molecule has 54 heavy (non-hydrogen) atoms. The van der Waals surface area contributed by atoms with Crippen LogP contribution < -0.4 is 20.6 Å². The first-order chi connectivity index (χ1) is 25.1. The Bertz CT molecular complexity index is 2080. The lowest BCUT2D eigenvalue weighted by Crippen LogP contribution is -2.34. The Morgan fingerprint density at radius 3 is 1.46 bits per heavy atom. The van der Waals surface area contributed by atoms with Gasteiger partial charge in [0.2, 0.25) is 37.0 Å². The number of aromatic hydroxyl groups is 2. The number of phosphoric acid groups is 2. The Kier molecular flexibility index (Phi) is 10.9. The maximum Gasteiger partial charge on any atom is 0.478 e. The first-order valence-corrected chi connectivity index (χ1v) is 20.3. The number of rotatable bonds is 13. The van der Waals surface area contributed by atoms with Gasteiger partial charge in [0.25, 0.3) is 48.6 Å². The summed E-state index contributed by atoms with van der Waals surface area (Å²) >= 11 is 0. The van der Waals surface area contributed by atoms with E-state index < -0.39 is 104 Å². The number of aliphatic hydroxyl groups excluding tert-OH is 4. The van der Waals surface area contributed by atoms with Gasteiger partial charge >= 0.3 is 15.6 Å². The summed E-state index contributed by atoms with van der Waals surface area (Å²) in [6.45, 7) is -1.57. The minimum Gasteiger partial charge on any atom is -0.490 e. The van der Waals surface area contributed by atoms with E-state index in [9.17, 15) is 54.1 Å². The van der Waals surface area contributed by atoms with Crippen LogP contribution in [0.2, 0.25) is 6.82 Å². The van der Waals surface area contributed by atoms with Gasteiger partial charge in [-0.1, -0.05) is 6.82 Å². The number of nitrogen functional groups attached to an aromatic ring is 2. The number of fused-ring (bicyclic) bond motifs is 2. The number of nitrogens with two attached hydrogens (primary N) is 2. The number of phosphoric ester groups is 2. The van der Waals surface area contributed by atoms with Gasteiger partial charge in [-0.3, -0.25) is 13.6 Å². The molecule has 5 unspecified atom stereocenters. The van der Waals surface area contributed by atoms with Gasteiger partial charge in [-0.25, -0.2) is 26.9 Å². The molecule has 6 heterocycles. The maximum atomic E-state index is 13.3. The molecule has 296 valence electrons. The van der Waals surface area contributed by atoms with Crippen LogP contribution >= 0.6 is 23.1 Å². The standard InChI is InChI=1S/C23H34BN10O17P3/c1-24-52(41,50-53(42,43)46-4-8-12(35)14(37)20(48-8)33-6-31(2)10-16(33)27-22(25)29-18(10)39)51-54(44,45)47-5-9-13(36)15(38)21(49-9)34-7-32(3)11-17(34)28-23(26)30-19(11)40/h6-9,12-15,20-21,24,35-38H,4-5H2,1-3H3,(H6-2,25,26,27,28,29,30,39,40,42,43,44,45)/p+2/t8-,9-,12+,13?,14?,15+,20-,21-,52?/m1/s1. The highest BCUT2D eigenvalue weighted by Crippen LogP contribution is 2.69. The fourth-order valence-electron chi connectivity index (χ4n) is 5.88. The molecule has 11 atom stereocenters. The van der Waals surface area contributed by atoms with Crippen LogP contribution in [0.5, 0.6) is 11.8 Å². The molecule has 2 saturated heterocycles. The third-order valence-electron chi connectivity index (χ3n) is 8.39. The maximum absolute atomic E-state index is 13.3. The van der Waals surface area contributed by atoms with Crippen molar-refractivity contribution in [3.8, 4) is 11.8 Å². The lowest BCUT2D eigenvalue weighted by atomic mass is 10.1. The van der Waals surface area contributed by atoms with Crippen LogP contribution in [0.4, 0.5) is 11.9 Å². The smallest absolute Gasteiger partial charge is 0.478 e. The number of nitrogens with zero attached hydrogens (tertiary/aromatic N) is 8. The van der Waals surface area contributed by atoms with Crippen LogP contribution in [0.1, 0.15) is 12.5 Å². The van der Waals surface area contributed by atoms with Crippen molar-refractivity contribution in [2.75, 3.05) is 24.7 Å². The van der Waals surface area contributed by atoms with Gasteiger partial charge in [0, 0.05) is 0 Å². The monoisotopic (exact) mass is 828 g/mol. The highest BCUT2D eigenvalue weighted by atomic mass is 31.3.